The molecule has 2 amide bonds. The highest BCUT2D eigenvalue weighted by atomic mass is 35.5. The predicted octanol–water partition coefficient (Wildman–Crippen LogP) is 6.78. The Morgan fingerprint density at radius 1 is 0.925 bits per heavy atom. The van der Waals surface area contributed by atoms with Crippen LogP contribution in [-0.2, 0) is 0 Å². The molecule has 1 aliphatic rings. The Hall–Kier alpha value is -4.71. The minimum atomic E-state index is -0.795. The number of nitro groups is 2. The van der Waals surface area contributed by atoms with Crippen LogP contribution in [0.1, 0.15) is 46.0 Å². The van der Waals surface area contributed by atoms with E-state index in [-0.39, 0.29) is 22.5 Å². The molecule has 206 valence electrons. The van der Waals surface area contributed by atoms with Crippen molar-refractivity contribution < 1.29 is 19.4 Å². The van der Waals surface area contributed by atoms with Crippen LogP contribution < -0.4 is 4.90 Å². The number of carbonyl (C=O) groups excluding carboxylic acids is 2. The largest absolute Gasteiger partial charge is 0.372 e. The second kappa shape index (κ2) is 12.0. The zero-order valence-corrected chi connectivity index (χ0v) is 22.5. The molecule has 1 aliphatic heterocycles. The van der Waals surface area contributed by atoms with Crippen molar-refractivity contribution in [3.63, 3.8) is 0 Å². The maximum atomic E-state index is 12.5. The Labute approximate surface area is 234 Å². The molecule has 0 saturated carbocycles. The molecular weight excluding hydrogens is 540 g/mol. The lowest BCUT2D eigenvalue weighted by Crippen LogP contribution is -2.31. The zero-order chi connectivity index (χ0) is 29.0. The summed E-state index contributed by atoms with van der Waals surface area (Å²) in [5, 5.41) is 30.2. The number of carbonyl (C=O) groups is 2. The third-order valence-corrected chi connectivity index (χ3v) is 6.85. The molecule has 1 heterocycles. The maximum absolute atomic E-state index is 12.5. The summed E-state index contributed by atoms with van der Waals surface area (Å²) < 4.78 is 0. The highest BCUT2D eigenvalue weighted by Crippen LogP contribution is 2.40. The van der Waals surface area contributed by atoms with Gasteiger partial charge in [-0.15, -0.1) is 10.2 Å². The lowest BCUT2D eigenvalue weighted by atomic mass is 10.1. The van der Waals surface area contributed by atoms with Crippen LogP contribution in [-0.4, -0.2) is 46.2 Å². The minimum absolute atomic E-state index is 0.253. The van der Waals surface area contributed by atoms with Crippen LogP contribution in [0.4, 0.5) is 28.4 Å². The van der Waals surface area contributed by atoms with Gasteiger partial charge < -0.3 is 4.90 Å². The van der Waals surface area contributed by atoms with Crippen LogP contribution in [0.3, 0.4) is 0 Å². The van der Waals surface area contributed by atoms with Crippen LogP contribution in [0.2, 0.25) is 5.02 Å². The highest BCUT2D eigenvalue weighted by molar-refractivity contribution is 6.33. The third kappa shape index (κ3) is 5.81. The number of nitro benzene ring substituents is 2. The Balaban J connectivity index is 1.40. The van der Waals surface area contributed by atoms with E-state index in [1.165, 1.54) is 4.90 Å². The fraction of sp³-hybridized carbons (Fsp3) is 0.259. The summed E-state index contributed by atoms with van der Waals surface area (Å²) in [7, 11) is 0. The first-order chi connectivity index (χ1) is 19.1. The van der Waals surface area contributed by atoms with Crippen molar-refractivity contribution in [3.05, 3.63) is 96.5 Å². The first-order valence-corrected chi connectivity index (χ1v) is 12.8. The van der Waals surface area contributed by atoms with Gasteiger partial charge in [0.1, 0.15) is 0 Å². The summed E-state index contributed by atoms with van der Waals surface area (Å²) in [4.78, 5) is 49.4. The number of unbranched alkanes of at least 4 members (excludes halogenated alkanes) is 1. The summed E-state index contributed by atoms with van der Waals surface area (Å²) >= 11 is 6.05. The van der Waals surface area contributed by atoms with Crippen LogP contribution >= 0.6 is 11.6 Å². The summed E-state index contributed by atoms with van der Waals surface area (Å²) in [5.74, 6) is -0.512. The Morgan fingerprint density at radius 3 is 2.17 bits per heavy atom. The van der Waals surface area contributed by atoms with E-state index in [0.717, 1.165) is 36.3 Å². The lowest BCUT2D eigenvalue weighted by Gasteiger charge is -2.24. The van der Waals surface area contributed by atoms with Gasteiger partial charge in [0.05, 0.1) is 37.7 Å². The van der Waals surface area contributed by atoms with Crippen LogP contribution in [0.25, 0.3) is 0 Å². The average Bonchev–Trinajstić information content (AvgIpc) is 3.17. The molecular formula is C27H25ClN6O6. The minimum Gasteiger partial charge on any atom is -0.372 e. The number of imide groups is 1. The number of aryl methyl sites for hydroxylation is 1. The second-order valence-electron chi connectivity index (χ2n) is 9.07. The van der Waals surface area contributed by atoms with Gasteiger partial charge in [-0.05, 0) is 62.6 Å². The van der Waals surface area contributed by atoms with Gasteiger partial charge in [-0.3, -0.25) is 34.7 Å². The molecule has 40 heavy (non-hydrogen) atoms. The topological polar surface area (TPSA) is 152 Å². The first kappa shape index (κ1) is 28.3. The number of hydrogen-bond acceptors (Lipinski definition) is 9. The smallest absolute Gasteiger partial charge is 0.305 e. The highest BCUT2D eigenvalue weighted by Gasteiger charge is 2.34. The number of fused-ring (bicyclic) bond motifs is 1. The Morgan fingerprint density at radius 2 is 1.60 bits per heavy atom. The standard InChI is InChI=1S/C27H25ClN6O6/c1-3-31(12-6-7-13-32-26(35)20-8-4-5-9-21(20)27(32)36)18-10-11-23(17(2)14-18)29-30-25-22(28)15-19(33(37)38)16-24(25)34(39)40/h4-5,8-11,14-16H,3,6-7,12-13H2,1-2H3/b30-29+. The van der Waals surface area contributed by atoms with E-state index < -0.39 is 21.2 Å². The normalized spacial score (nSPS) is 12.7. The molecule has 13 heteroatoms. The maximum Gasteiger partial charge on any atom is 0.305 e. The molecule has 0 saturated heterocycles. The molecule has 0 atom stereocenters. The molecule has 12 nitrogen and oxygen atoms in total. The van der Waals surface area contributed by atoms with E-state index in [9.17, 15) is 29.8 Å². The van der Waals surface area contributed by atoms with Gasteiger partial charge in [-0.1, -0.05) is 23.7 Å². The van der Waals surface area contributed by atoms with E-state index >= 15 is 0 Å². The molecule has 0 aromatic heterocycles. The van der Waals surface area contributed by atoms with Crippen molar-refractivity contribution in [3.8, 4) is 0 Å². The summed E-state index contributed by atoms with van der Waals surface area (Å²) in [6, 6.07) is 14.1. The Bertz CT molecular complexity index is 1510. The quantitative estimate of drug-likeness (QED) is 0.0817. The van der Waals surface area contributed by atoms with Crippen LogP contribution in [0.5, 0.6) is 0 Å². The fourth-order valence-corrected chi connectivity index (χ4v) is 4.70. The molecule has 3 aromatic carbocycles. The van der Waals surface area contributed by atoms with Crippen molar-refractivity contribution in [2.24, 2.45) is 10.2 Å². The van der Waals surface area contributed by atoms with E-state index in [0.29, 0.717) is 36.3 Å². The SMILES string of the molecule is CCN(CCCCN1C(=O)c2ccccc2C1=O)c1ccc(/N=N/c2c(Cl)cc([N+](=O)[O-])cc2[N+](=O)[O-])c(C)c1. The van der Waals surface area contributed by atoms with Gasteiger partial charge in [0.2, 0.25) is 0 Å². The first-order valence-electron chi connectivity index (χ1n) is 12.5. The number of nitrogens with zero attached hydrogens (tertiary/aromatic N) is 6. The molecule has 3 aromatic rings. The number of hydrogen-bond donors (Lipinski definition) is 0. The van der Waals surface area contributed by atoms with Gasteiger partial charge >= 0.3 is 5.69 Å². The summed E-state index contributed by atoms with van der Waals surface area (Å²) in [6.07, 6.45) is 1.41. The van der Waals surface area contributed by atoms with E-state index in [1.807, 2.05) is 26.0 Å². The van der Waals surface area contributed by atoms with Gasteiger partial charge in [0.25, 0.3) is 17.5 Å². The van der Waals surface area contributed by atoms with Crippen molar-refractivity contribution in [1.82, 2.24) is 4.90 Å². The van der Waals surface area contributed by atoms with E-state index in [2.05, 4.69) is 15.1 Å². The molecule has 4 rings (SSSR count). The molecule has 0 spiro atoms. The van der Waals surface area contributed by atoms with Crippen molar-refractivity contribution in [2.45, 2.75) is 26.7 Å². The van der Waals surface area contributed by atoms with E-state index in [1.54, 1.807) is 30.3 Å². The second-order valence-corrected chi connectivity index (χ2v) is 9.48. The molecule has 0 fully saturated rings. The molecule has 0 N–H and O–H groups in total. The molecule has 0 aliphatic carbocycles. The number of non-ortho nitro benzene ring substituents is 1. The van der Waals surface area contributed by atoms with Crippen molar-refractivity contribution in [1.29, 1.82) is 0 Å². The zero-order valence-electron chi connectivity index (χ0n) is 21.7. The number of amides is 2. The van der Waals surface area contributed by atoms with Crippen LogP contribution in [0, 0.1) is 27.2 Å². The number of azo groups is 1. The van der Waals surface area contributed by atoms with Crippen LogP contribution in [0.15, 0.2) is 64.8 Å². The Kier molecular flexibility index (Phi) is 8.49. The van der Waals surface area contributed by atoms with Crippen molar-refractivity contribution >= 4 is 51.9 Å². The molecule has 0 unspecified atom stereocenters. The van der Waals surface area contributed by atoms with Gasteiger partial charge in [0, 0.05) is 31.4 Å². The van der Waals surface area contributed by atoms with Crippen molar-refractivity contribution in [2.75, 3.05) is 24.5 Å². The van der Waals surface area contributed by atoms with E-state index in [4.69, 9.17) is 11.6 Å². The number of halogens is 1. The van der Waals surface area contributed by atoms with Gasteiger partial charge in [-0.25, -0.2) is 0 Å². The van der Waals surface area contributed by atoms with Gasteiger partial charge in [-0.2, -0.15) is 0 Å². The monoisotopic (exact) mass is 564 g/mol. The predicted molar refractivity (Wildman–Crippen MR) is 149 cm³/mol. The third-order valence-electron chi connectivity index (χ3n) is 6.56. The molecule has 0 bridgehead atoms. The van der Waals surface area contributed by atoms with Gasteiger partial charge in [0.15, 0.2) is 5.69 Å². The number of benzene rings is 3. The number of rotatable bonds is 11. The average molecular weight is 565 g/mol. The summed E-state index contributed by atoms with van der Waals surface area (Å²) in [6.45, 7) is 5.60. The number of anilines is 1. The fourth-order valence-electron chi connectivity index (χ4n) is 4.45. The lowest BCUT2D eigenvalue weighted by molar-refractivity contribution is -0.393. The molecule has 0 radical (unpaired) electrons. The summed E-state index contributed by atoms with van der Waals surface area (Å²) in [5.41, 5.74) is 1.63.